The van der Waals surface area contributed by atoms with Gasteiger partial charge in [0.1, 0.15) is 13.2 Å². The molecule has 0 spiro atoms. The molecule has 1 fully saturated rings. The molecule has 0 radical (unpaired) electrons. The molecule has 0 aromatic rings. The van der Waals surface area contributed by atoms with Crippen LogP contribution in [0.4, 0.5) is 0 Å². The summed E-state index contributed by atoms with van der Waals surface area (Å²) in [7, 11) is 0. The number of unbranched alkanes of at least 4 members (excludes halogenated alkanes) is 28. The van der Waals surface area contributed by atoms with Crippen LogP contribution in [0.3, 0.4) is 0 Å². The van der Waals surface area contributed by atoms with Crippen molar-refractivity contribution >= 4 is 41.0 Å². The van der Waals surface area contributed by atoms with Crippen molar-refractivity contribution in [3.63, 3.8) is 0 Å². The third kappa shape index (κ3) is 52.0. The Labute approximate surface area is 313 Å². The van der Waals surface area contributed by atoms with E-state index in [-0.39, 0.29) is 48.5 Å². The van der Waals surface area contributed by atoms with Crippen LogP contribution in [-0.2, 0) is 23.9 Å². The van der Waals surface area contributed by atoms with E-state index in [0.717, 1.165) is 25.7 Å². The number of carboxylic acid groups (broad SMARTS) is 2. The third-order valence-corrected chi connectivity index (χ3v) is 8.68. The van der Waals surface area contributed by atoms with Crippen LogP contribution in [0, 0.1) is 0 Å². The Bertz CT molecular complexity index is 607. The minimum Gasteiger partial charge on any atom is -0.550 e. The number of aliphatic carboxylic acids is 2. The van der Waals surface area contributed by atoms with Gasteiger partial charge in [0.25, 0.3) is 0 Å². The smallest absolute Gasteiger partial charge is 0.550 e. The van der Waals surface area contributed by atoms with E-state index in [0.29, 0.717) is 13.2 Å². The summed E-state index contributed by atoms with van der Waals surface area (Å²) in [6.07, 6.45) is 39.7. The Balaban J connectivity index is -0.000000688. The summed E-state index contributed by atoms with van der Waals surface area (Å²) in [5.41, 5.74) is 0. The van der Waals surface area contributed by atoms with Crippen molar-refractivity contribution in [2.24, 2.45) is 0 Å². The van der Waals surface area contributed by atoms with Crippen molar-refractivity contribution in [3.8, 4) is 0 Å². The molecule has 0 aromatic carbocycles. The first-order valence-electron chi connectivity index (χ1n) is 20.1. The fraction of sp³-hybridized carbons (Fsp3) is 0.925. The molecule has 0 N–H and O–H groups in total. The summed E-state index contributed by atoms with van der Waals surface area (Å²) in [5, 5.41) is 20.4. The predicted molar refractivity (Wildman–Crippen MR) is 197 cm³/mol. The molecule has 0 amide bonds. The minimum absolute atomic E-state index is 0. The normalized spacial score (nSPS) is 12.2. The number of cyclic esters (lactones) is 1. The fourth-order valence-electron chi connectivity index (χ4n) is 5.69. The SMILES string of the molecule is CCCCCCCCCCCCCCCCCC(=O)[O-].CCCCCCCCCCCCCCCCCC(=O)[O-].O=C1COCCO1.[Mg+2]. The van der Waals surface area contributed by atoms with Crippen LogP contribution in [0.15, 0.2) is 0 Å². The minimum atomic E-state index is -0.903. The summed E-state index contributed by atoms with van der Waals surface area (Å²) in [4.78, 5) is 30.6. The second kappa shape index (κ2) is 46.1. The number of carbonyl (C=O) groups is 3. The fourth-order valence-corrected chi connectivity index (χ4v) is 5.69. The zero-order chi connectivity index (χ0) is 34.9. The first kappa shape index (κ1) is 51.5. The topological polar surface area (TPSA) is 116 Å². The number of ether oxygens (including phenoxy) is 2. The summed E-state index contributed by atoms with van der Waals surface area (Å²) < 4.78 is 9.22. The maximum Gasteiger partial charge on any atom is 2.00 e. The van der Waals surface area contributed by atoms with Crippen LogP contribution in [0.1, 0.15) is 219 Å². The van der Waals surface area contributed by atoms with Gasteiger partial charge < -0.3 is 29.3 Å². The van der Waals surface area contributed by atoms with Crippen LogP contribution in [-0.4, -0.2) is 60.8 Å². The van der Waals surface area contributed by atoms with E-state index in [9.17, 15) is 24.6 Å². The van der Waals surface area contributed by atoms with Crippen molar-refractivity contribution in [3.05, 3.63) is 0 Å². The zero-order valence-corrected chi connectivity index (χ0v) is 33.2. The van der Waals surface area contributed by atoms with Crippen LogP contribution >= 0.6 is 0 Å². The number of carboxylic acids is 2. The van der Waals surface area contributed by atoms with Gasteiger partial charge >= 0.3 is 29.0 Å². The maximum atomic E-state index is 10.2. The van der Waals surface area contributed by atoms with Crippen molar-refractivity contribution in [2.75, 3.05) is 19.8 Å². The summed E-state index contributed by atoms with van der Waals surface area (Å²) in [5.74, 6) is -2.06. The second-order valence-electron chi connectivity index (χ2n) is 13.4. The van der Waals surface area contributed by atoms with Crippen LogP contribution in [0.5, 0.6) is 0 Å². The predicted octanol–water partition coefficient (Wildman–Crippen LogP) is 9.17. The molecule has 1 aliphatic heterocycles. The van der Waals surface area contributed by atoms with Crippen LogP contribution in [0.25, 0.3) is 0 Å². The van der Waals surface area contributed by atoms with E-state index < -0.39 is 11.9 Å². The van der Waals surface area contributed by atoms with E-state index >= 15 is 0 Å². The molecule has 1 saturated heterocycles. The van der Waals surface area contributed by atoms with Crippen LogP contribution < -0.4 is 10.2 Å². The second-order valence-corrected chi connectivity index (χ2v) is 13.4. The average Bonchev–Trinajstić information content (AvgIpc) is 3.05. The molecule has 0 unspecified atom stereocenters. The summed E-state index contributed by atoms with van der Waals surface area (Å²) in [6, 6.07) is 0. The molecule has 1 rings (SSSR count). The zero-order valence-electron chi connectivity index (χ0n) is 31.8. The van der Waals surface area contributed by atoms with Crippen molar-refractivity contribution in [2.45, 2.75) is 219 Å². The number of rotatable bonds is 32. The van der Waals surface area contributed by atoms with Crippen LogP contribution in [0.2, 0.25) is 0 Å². The molecule has 7 nitrogen and oxygen atoms in total. The first-order valence-corrected chi connectivity index (χ1v) is 20.1. The van der Waals surface area contributed by atoms with E-state index in [1.165, 1.54) is 167 Å². The Kier molecular flexibility index (Phi) is 49.5. The monoisotopic (exact) mass is 693 g/mol. The molecular formula is C40H76MgO7. The van der Waals surface area contributed by atoms with Gasteiger partial charge in [0.15, 0.2) is 0 Å². The van der Waals surface area contributed by atoms with Gasteiger partial charge in [-0.25, -0.2) is 4.79 Å². The van der Waals surface area contributed by atoms with Gasteiger partial charge in [-0.3, -0.25) is 0 Å². The number of esters is 1. The molecule has 0 aliphatic carbocycles. The molecule has 0 atom stereocenters. The molecule has 1 aliphatic rings. The molecule has 0 saturated carbocycles. The van der Waals surface area contributed by atoms with Crippen molar-refractivity contribution in [1.29, 1.82) is 0 Å². The van der Waals surface area contributed by atoms with E-state index in [4.69, 9.17) is 4.74 Å². The quantitative estimate of drug-likeness (QED) is 0.0392. The molecule has 0 aromatic heterocycles. The number of hydrogen-bond donors (Lipinski definition) is 0. The summed E-state index contributed by atoms with van der Waals surface area (Å²) >= 11 is 0. The van der Waals surface area contributed by atoms with E-state index in [1.807, 2.05) is 0 Å². The van der Waals surface area contributed by atoms with Gasteiger partial charge in [0.2, 0.25) is 0 Å². The Hall–Kier alpha value is -0.864. The maximum absolute atomic E-state index is 10.2. The molecular weight excluding hydrogens is 617 g/mol. The average molecular weight is 693 g/mol. The Morgan fingerprint density at radius 3 is 0.875 bits per heavy atom. The first-order chi connectivity index (χ1) is 22.9. The van der Waals surface area contributed by atoms with Gasteiger partial charge in [0, 0.05) is 11.9 Å². The molecule has 48 heavy (non-hydrogen) atoms. The Morgan fingerprint density at radius 1 is 0.458 bits per heavy atom. The molecule has 8 heteroatoms. The number of carbonyl (C=O) groups excluding carboxylic acids is 3. The molecule has 280 valence electrons. The number of hydrogen-bond acceptors (Lipinski definition) is 7. The standard InChI is InChI=1S/2C18H36O2.C4H6O3.Mg/c2*1-2-3-4-5-6-7-8-9-10-11-12-13-14-15-16-17-18(19)20;5-4-3-6-1-2-7-4;/h2*2-17H2,1H3,(H,19,20);1-3H2;/q;;;+2/p-2. The summed E-state index contributed by atoms with van der Waals surface area (Å²) in [6.45, 7) is 5.62. The van der Waals surface area contributed by atoms with Gasteiger partial charge in [-0.15, -0.1) is 0 Å². The van der Waals surface area contributed by atoms with Crippen molar-refractivity contribution < 1.29 is 34.1 Å². The third-order valence-electron chi connectivity index (χ3n) is 8.68. The van der Waals surface area contributed by atoms with E-state index in [1.54, 1.807) is 0 Å². The van der Waals surface area contributed by atoms with Gasteiger partial charge in [-0.1, -0.05) is 194 Å². The Morgan fingerprint density at radius 2 is 0.708 bits per heavy atom. The van der Waals surface area contributed by atoms with E-state index in [2.05, 4.69) is 18.6 Å². The molecule has 1 heterocycles. The van der Waals surface area contributed by atoms with Crippen molar-refractivity contribution in [1.82, 2.24) is 0 Å². The van der Waals surface area contributed by atoms with Gasteiger partial charge in [-0.2, -0.15) is 0 Å². The van der Waals surface area contributed by atoms with Gasteiger partial charge in [0.05, 0.1) is 6.61 Å². The molecule has 0 bridgehead atoms. The largest absolute Gasteiger partial charge is 2.00 e. The van der Waals surface area contributed by atoms with Gasteiger partial charge in [-0.05, 0) is 25.7 Å².